The number of carboxylic acid groups (broad SMARTS) is 1. The van der Waals surface area contributed by atoms with Gasteiger partial charge in [-0.2, -0.15) is 0 Å². The number of rotatable bonds is 6. The standard InChI is InChI=1S/C13H18O3/c1-3-5-8-16-12-7-6-10(4-2)9-11(12)13(14)15/h6-7,9H,3-5,8H2,1-2H3,(H,14,15). The summed E-state index contributed by atoms with van der Waals surface area (Å²) in [6, 6.07) is 5.34. The second-order valence-electron chi connectivity index (χ2n) is 3.69. The first-order valence-electron chi connectivity index (χ1n) is 5.68. The Morgan fingerprint density at radius 1 is 1.38 bits per heavy atom. The van der Waals surface area contributed by atoms with Gasteiger partial charge in [0.05, 0.1) is 6.61 Å². The van der Waals surface area contributed by atoms with Gasteiger partial charge in [-0.3, -0.25) is 0 Å². The van der Waals surface area contributed by atoms with Gasteiger partial charge in [-0.1, -0.05) is 26.3 Å². The molecule has 1 aromatic rings. The van der Waals surface area contributed by atoms with E-state index in [1.165, 1.54) is 0 Å². The fourth-order valence-corrected chi connectivity index (χ4v) is 1.42. The minimum absolute atomic E-state index is 0.260. The van der Waals surface area contributed by atoms with E-state index in [4.69, 9.17) is 9.84 Å². The number of hydrogen-bond acceptors (Lipinski definition) is 2. The van der Waals surface area contributed by atoms with Crippen LogP contribution in [-0.4, -0.2) is 17.7 Å². The predicted octanol–water partition coefficient (Wildman–Crippen LogP) is 3.13. The van der Waals surface area contributed by atoms with Gasteiger partial charge in [0, 0.05) is 0 Å². The van der Waals surface area contributed by atoms with Crippen molar-refractivity contribution >= 4 is 5.97 Å². The Morgan fingerprint density at radius 3 is 2.69 bits per heavy atom. The number of carboxylic acids is 1. The highest BCUT2D eigenvalue weighted by atomic mass is 16.5. The molecule has 3 nitrogen and oxygen atoms in total. The summed E-state index contributed by atoms with van der Waals surface area (Å²) in [6.45, 7) is 4.64. The summed E-state index contributed by atoms with van der Waals surface area (Å²) in [4.78, 5) is 11.0. The fourth-order valence-electron chi connectivity index (χ4n) is 1.42. The summed E-state index contributed by atoms with van der Waals surface area (Å²) in [6.07, 6.45) is 2.81. The molecule has 0 unspecified atom stereocenters. The molecular weight excluding hydrogens is 204 g/mol. The Hall–Kier alpha value is -1.51. The maximum atomic E-state index is 11.0. The van der Waals surface area contributed by atoms with Gasteiger partial charge in [-0.25, -0.2) is 4.79 Å². The van der Waals surface area contributed by atoms with Gasteiger partial charge < -0.3 is 9.84 Å². The zero-order valence-corrected chi connectivity index (χ0v) is 9.82. The molecule has 0 fully saturated rings. The Kier molecular flexibility index (Phi) is 4.83. The minimum Gasteiger partial charge on any atom is -0.493 e. The Morgan fingerprint density at radius 2 is 2.12 bits per heavy atom. The van der Waals surface area contributed by atoms with E-state index in [0.29, 0.717) is 12.4 Å². The van der Waals surface area contributed by atoms with Crippen LogP contribution in [0.3, 0.4) is 0 Å². The lowest BCUT2D eigenvalue weighted by molar-refractivity contribution is 0.0692. The van der Waals surface area contributed by atoms with Crippen LogP contribution in [0.5, 0.6) is 5.75 Å². The number of aryl methyl sites for hydroxylation is 1. The summed E-state index contributed by atoms with van der Waals surface area (Å²) in [5.74, 6) is -0.458. The average molecular weight is 222 g/mol. The SMILES string of the molecule is CCCCOc1ccc(CC)cc1C(=O)O. The van der Waals surface area contributed by atoms with Crippen LogP contribution in [0.1, 0.15) is 42.6 Å². The van der Waals surface area contributed by atoms with E-state index >= 15 is 0 Å². The largest absolute Gasteiger partial charge is 0.493 e. The molecule has 0 aliphatic rings. The second kappa shape index (κ2) is 6.16. The molecule has 0 heterocycles. The minimum atomic E-state index is -0.929. The number of unbranched alkanes of at least 4 members (excludes halogenated alkanes) is 1. The van der Waals surface area contributed by atoms with Crippen molar-refractivity contribution in [3.63, 3.8) is 0 Å². The Balaban J connectivity index is 2.85. The average Bonchev–Trinajstić information content (AvgIpc) is 2.29. The summed E-state index contributed by atoms with van der Waals surface area (Å²) < 4.78 is 5.46. The molecule has 0 aliphatic heterocycles. The summed E-state index contributed by atoms with van der Waals surface area (Å²) in [5.41, 5.74) is 1.27. The van der Waals surface area contributed by atoms with Crippen LogP contribution in [0.15, 0.2) is 18.2 Å². The van der Waals surface area contributed by atoms with Crippen molar-refractivity contribution in [1.82, 2.24) is 0 Å². The lowest BCUT2D eigenvalue weighted by atomic mass is 10.1. The first-order valence-corrected chi connectivity index (χ1v) is 5.68. The summed E-state index contributed by atoms with van der Waals surface area (Å²) in [7, 11) is 0. The van der Waals surface area contributed by atoms with Crippen LogP contribution in [-0.2, 0) is 6.42 Å². The van der Waals surface area contributed by atoms with Gasteiger partial charge in [0.25, 0.3) is 0 Å². The molecule has 88 valence electrons. The van der Waals surface area contributed by atoms with Gasteiger partial charge in [-0.15, -0.1) is 0 Å². The van der Waals surface area contributed by atoms with Crippen LogP contribution < -0.4 is 4.74 Å². The maximum absolute atomic E-state index is 11.0. The van der Waals surface area contributed by atoms with Crippen molar-refractivity contribution in [2.75, 3.05) is 6.61 Å². The van der Waals surface area contributed by atoms with Crippen molar-refractivity contribution < 1.29 is 14.6 Å². The summed E-state index contributed by atoms with van der Waals surface area (Å²) >= 11 is 0. The lowest BCUT2D eigenvalue weighted by Crippen LogP contribution is -2.05. The van der Waals surface area contributed by atoms with Crippen molar-refractivity contribution in [3.8, 4) is 5.75 Å². The van der Waals surface area contributed by atoms with Crippen molar-refractivity contribution in [3.05, 3.63) is 29.3 Å². The Bertz CT molecular complexity index is 358. The van der Waals surface area contributed by atoms with Crippen LogP contribution in [0.2, 0.25) is 0 Å². The van der Waals surface area contributed by atoms with E-state index in [0.717, 1.165) is 24.8 Å². The molecule has 16 heavy (non-hydrogen) atoms. The molecule has 1 rings (SSSR count). The van der Waals surface area contributed by atoms with E-state index in [-0.39, 0.29) is 5.56 Å². The molecule has 0 saturated heterocycles. The normalized spacial score (nSPS) is 10.1. The van der Waals surface area contributed by atoms with E-state index in [1.54, 1.807) is 12.1 Å². The topological polar surface area (TPSA) is 46.5 Å². The summed E-state index contributed by atoms with van der Waals surface area (Å²) in [5, 5.41) is 9.06. The van der Waals surface area contributed by atoms with Crippen molar-refractivity contribution in [2.24, 2.45) is 0 Å². The number of carbonyl (C=O) groups is 1. The molecule has 0 spiro atoms. The first-order chi connectivity index (χ1) is 7.69. The number of hydrogen-bond donors (Lipinski definition) is 1. The molecule has 0 aromatic heterocycles. The van der Waals surface area contributed by atoms with Gasteiger partial charge >= 0.3 is 5.97 Å². The highest BCUT2D eigenvalue weighted by Crippen LogP contribution is 2.21. The third-order valence-corrected chi connectivity index (χ3v) is 2.44. The third-order valence-electron chi connectivity index (χ3n) is 2.44. The molecule has 1 N–H and O–H groups in total. The fraction of sp³-hybridized carbons (Fsp3) is 0.462. The van der Waals surface area contributed by atoms with Gasteiger partial charge in [0.1, 0.15) is 11.3 Å². The molecule has 0 amide bonds. The monoisotopic (exact) mass is 222 g/mol. The highest BCUT2D eigenvalue weighted by molar-refractivity contribution is 5.91. The van der Waals surface area contributed by atoms with Crippen LogP contribution in [0, 0.1) is 0 Å². The molecule has 0 atom stereocenters. The molecule has 1 aromatic carbocycles. The Labute approximate surface area is 96.1 Å². The molecule has 0 saturated carbocycles. The first kappa shape index (κ1) is 12.6. The third kappa shape index (κ3) is 3.26. The maximum Gasteiger partial charge on any atom is 0.339 e. The molecular formula is C13H18O3. The number of aromatic carboxylic acids is 1. The van der Waals surface area contributed by atoms with E-state index in [1.807, 2.05) is 13.0 Å². The van der Waals surface area contributed by atoms with Crippen molar-refractivity contribution in [1.29, 1.82) is 0 Å². The van der Waals surface area contributed by atoms with E-state index < -0.39 is 5.97 Å². The second-order valence-corrected chi connectivity index (χ2v) is 3.69. The zero-order valence-electron chi connectivity index (χ0n) is 9.82. The molecule has 0 radical (unpaired) electrons. The quantitative estimate of drug-likeness (QED) is 0.752. The van der Waals surface area contributed by atoms with Gasteiger partial charge in [0.2, 0.25) is 0 Å². The predicted molar refractivity (Wildman–Crippen MR) is 63.2 cm³/mol. The van der Waals surface area contributed by atoms with E-state index in [9.17, 15) is 4.79 Å². The van der Waals surface area contributed by atoms with Crippen LogP contribution in [0.25, 0.3) is 0 Å². The van der Waals surface area contributed by atoms with Crippen LogP contribution in [0.4, 0.5) is 0 Å². The smallest absolute Gasteiger partial charge is 0.339 e. The molecule has 0 bridgehead atoms. The number of benzene rings is 1. The molecule has 3 heteroatoms. The van der Waals surface area contributed by atoms with Crippen LogP contribution >= 0.6 is 0 Å². The number of ether oxygens (including phenoxy) is 1. The highest BCUT2D eigenvalue weighted by Gasteiger charge is 2.11. The van der Waals surface area contributed by atoms with E-state index in [2.05, 4.69) is 6.92 Å². The lowest BCUT2D eigenvalue weighted by Gasteiger charge is -2.09. The van der Waals surface area contributed by atoms with Crippen molar-refractivity contribution in [2.45, 2.75) is 33.1 Å². The zero-order chi connectivity index (χ0) is 12.0. The van der Waals surface area contributed by atoms with Gasteiger partial charge in [-0.05, 0) is 30.5 Å². The van der Waals surface area contributed by atoms with Gasteiger partial charge in [0.15, 0.2) is 0 Å². The molecule has 0 aliphatic carbocycles.